The molecule has 0 atom stereocenters. The minimum atomic E-state index is -0.278. The predicted octanol–water partition coefficient (Wildman–Crippen LogP) is 0.534. The van der Waals surface area contributed by atoms with Crippen LogP contribution in [-0.4, -0.2) is 34.6 Å². The number of hydrogen-bond donors (Lipinski definition) is 1. The van der Waals surface area contributed by atoms with Crippen LogP contribution in [0.3, 0.4) is 0 Å². The molecule has 5 heteroatoms. The number of ether oxygens (including phenoxy) is 1. The van der Waals surface area contributed by atoms with Gasteiger partial charge in [-0.2, -0.15) is 0 Å². The van der Waals surface area contributed by atoms with Gasteiger partial charge >= 0.3 is 6.09 Å². The number of methoxy groups -OCH3 is 1. The fourth-order valence-corrected chi connectivity index (χ4v) is 1.50. The molecule has 1 aromatic heterocycles. The van der Waals surface area contributed by atoms with Gasteiger partial charge < -0.3 is 14.6 Å². The maximum atomic E-state index is 11.2. The molecule has 0 spiro atoms. The zero-order valence-electron chi connectivity index (χ0n) is 7.41. The molecule has 5 nitrogen and oxygen atoms in total. The van der Waals surface area contributed by atoms with Crippen molar-refractivity contribution in [1.29, 1.82) is 0 Å². The first-order valence-electron chi connectivity index (χ1n) is 4.15. The number of amides is 1. The minimum Gasteiger partial charge on any atom is -0.453 e. The number of nitrogens with zero attached hydrogens (tertiary/aromatic N) is 2. The van der Waals surface area contributed by atoms with Gasteiger partial charge in [-0.15, -0.1) is 0 Å². The highest BCUT2D eigenvalue weighted by atomic mass is 16.5. The summed E-state index contributed by atoms with van der Waals surface area (Å²) in [6.45, 7) is 1.26. The average molecular weight is 181 g/mol. The number of imidazole rings is 1. The summed E-state index contributed by atoms with van der Waals surface area (Å²) >= 11 is 0. The molecule has 1 aliphatic rings. The second-order valence-electron chi connectivity index (χ2n) is 2.97. The summed E-state index contributed by atoms with van der Waals surface area (Å²) in [5, 5.41) is 0. The fraction of sp³-hybridized carbons (Fsp3) is 0.500. The molecule has 0 fully saturated rings. The highest BCUT2D eigenvalue weighted by molar-refractivity contribution is 5.67. The lowest BCUT2D eigenvalue weighted by molar-refractivity contribution is 0.118. The van der Waals surface area contributed by atoms with Gasteiger partial charge in [0.25, 0.3) is 0 Å². The molecule has 0 aliphatic carbocycles. The Morgan fingerprint density at radius 3 is 3.38 bits per heavy atom. The van der Waals surface area contributed by atoms with Crippen LogP contribution in [0.2, 0.25) is 0 Å². The first kappa shape index (κ1) is 8.10. The van der Waals surface area contributed by atoms with Crippen LogP contribution in [0.1, 0.15) is 11.4 Å². The summed E-state index contributed by atoms with van der Waals surface area (Å²) in [5.41, 5.74) is 2.07. The van der Waals surface area contributed by atoms with Crippen molar-refractivity contribution in [3.05, 3.63) is 17.7 Å². The van der Waals surface area contributed by atoms with Gasteiger partial charge in [-0.05, 0) is 0 Å². The van der Waals surface area contributed by atoms with Crippen molar-refractivity contribution in [2.75, 3.05) is 13.7 Å². The molecule has 2 rings (SSSR count). The van der Waals surface area contributed by atoms with Crippen molar-refractivity contribution < 1.29 is 9.53 Å². The summed E-state index contributed by atoms with van der Waals surface area (Å²) in [6, 6.07) is 0. The van der Waals surface area contributed by atoms with Crippen molar-refractivity contribution in [2.24, 2.45) is 0 Å². The number of fused-ring (bicyclic) bond motifs is 1. The molecule has 0 bridgehead atoms. The zero-order chi connectivity index (χ0) is 9.26. The lowest BCUT2D eigenvalue weighted by atomic mass is 10.1. The van der Waals surface area contributed by atoms with Crippen molar-refractivity contribution in [3.63, 3.8) is 0 Å². The van der Waals surface area contributed by atoms with E-state index in [1.165, 1.54) is 7.11 Å². The molecule has 2 heterocycles. The fourth-order valence-electron chi connectivity index (χ4n) is 1.50. The van der Waals surface area contributed by atoms with E-state index in [1.807, 2.05) is 0 Å². The van der Waals surface area contributed by atoms with E-state index in [2.05, 4.69) is 14.7 Å². The number of aromatic nitrogens is 2. The zero-order valence-corrected chi connectivity index (χ0v) is 7.41. The molecule has 0 saturated carbocycles. The molecule has 1 aliphatic heterocycles. The summed E-state index contributed by atoms with van der Waals surface area (Å²) in [4.78, 5) is 20.0. The standard InChI is InChI=1S/C8H11N3O2/c1-13-8(12)11-3-2-6-7(4-11)10-5-9-6/h5H,2-4H2,1H3,(H,9,10). The smallest absolute Gasteiger partial charge is 0.409 e. The molecule has 1 amide bonds. The van der Waals surface area contributed by atoms with Crippen LogP contribution in [0.15, 0.2) is 6.33 Å². The van der Waals surface area contributed by atoms with E-state index in [-0.39, 0.29) is 6.09 Å². The van der Waals surface area contributed by atoms with Crippen molar-refractivity contribution in [3.8, 4) is 0 Å². The summed E-state index contributed by atoms with van der Waals surface area (Å²) in [5.74, 6) is 0. The number of nitrogens with one attached hydrogen (secondary N) is 1. The van der Waals surface area contributed by atoms with Gasteiger partial charge in [0.2, 0.25) is 0 Å². The van der Waals surface area contributed by atoms with Crippen molar-refractivity contribution >= 4 is 6.09 Å². The van der Waals surface area contributed by atoms with Crippen LogP contribution in [-0.2, 0) is 17.7 Å². The maximum Gasteiger partial charge on any atom is 0.409 e. The van der Waals surface area contributed by atoms with E-state index in [1.54, 1.807) is 11.2 Å². The molecule has 70 valence electrons. The second-order valence-corrected chi connectivity index (χ2v) is 2.97. The Morgan fingerprint density at radius 1 is 1.77 bits per heavy atom. The first-order valence-corrected chi connectivity index (χ1v) is 4.15. The highest BCUT2D eigenvalue weighted by Crippen LogP contribution is 2.14. The number of rotatable bonds is 0. The molecule has 13 heavy (non-hydrogen) atoms. The number of carbonyl (C=O) groups excluding carboxylic acids is 1. The van der Waals surface area contributed by atoms with Crippen LogP contribution in [0.5, 0.6) is 0 Å². The van der Waals surface area contributed by atoms with Crippen LogP contribution in [0.25, 0.3) is 0 Å². The van der Waals surface area contributed by atoms with Gasteiger partial charge in [-0.1, -0.05) is 0 Å². The third kappa shape index (κ3) is 1.37. The predicted molar refractivity (Wildman–Crippen MR) is 45.1 cm³/mol. The maximum absolute atomic E-state index is 11.2. The monoisotopic (exact) mass is 181 g/mol. The number of carbonyl (C=O) groups is 1. The minimum absolute atomic E-state index is 0.278. The van der Waals surface area contributed by atoms with Crippen LogP contribution < -0.4 is 0 Å². The quantitative estimate of drug-likeness (QED) is 0.635. The Hall–Kier alpha value is -1.52. The molecule has 0 aromatic carbocycles. The molecule has 0 radical (unpaired) electrons. The number of H-pyrrole nitrogens is 1. The van der Waals surface area contributed by atoms with Crippen molar-refractivity contribution in [1.82, 2.24) is 14.9 Å². The Kier molecular flexibility index (Phi) is 1.92. The highest BCUT2D eigenvalue weighted by Gasteiger charge is 2.22. The Labute approximate surface area is 75.7 Å². The third-order valence-corrected chi connectivity index (χ3v) is 2.21. The average Bonchev–Trinajstić information content (AvgIpc) is 2.63. The van der Waals surface area contributed by atoms with E-state index in [0.717, 1.165) is 17.8 Å². The number of aromatic amines is 1. The molecule has 1 N–H and O–H groups in total. The summed E-state index contributed by atoms with van der Waals surface area (Å²) < 4.78 is 4.63. The topological polar surface area (TPSA) is 58.2 Å². The molecular formula is C8H11N3O2. The lowest BCUT2D eigenvalue weighted by Gasteiger charge is -2.24. The van der Waals surface area contributed by atoms with Gasteiger partial charge in [0, 0.05) is 13.0 Å². The third-order valence-electron chi connectivity index (χ3n) is 2.21. The van der Waals surface area contributed by atoms with E-state index in [9.17, 15) is 4.79 Å². The van der Waals surface area contributed by atoms with Crippen LogP contribution in [0.4, 0.5) is 4.79 Å². The van der Waals surface area contributed by atoms with Gasteiger partial charge in [-0.25, -0.2) is 9.78 Å². The van der Waals surface area contributed by atoms with E-state index in [0.29, 0.717) is 13.1 Å². The SMILES string of the molecule is COC(=O)N1CCc2nc[nH]c2C1. The Morgan fingerprint density at radius 2 is 2.62 bits per heavy atom. The van der Waals surface area contributed by atoms with Crippen molar-refractivity contribution in [2.45, 2.75) is 13.0 Å². The first-order chi connectivity index (χ1) is 6.31. The summed E-state index contributed by atoms with van der Waals surface area (Å²) in [6.07, 6.45) is 2.18. The largest absolute Gasteiger partial charge is 0.453 e. The Bertz CT molecular complexity index is 321. The summed E-state index contributed by atoms with van der Waals surface area (Å²) in [7, 11) is 1.39. The van der Waals surface area contributed by atoms with Gasteiger partial charge in [0.1, 0.15) is 0 Å². The van der Waals surface area contributed by atoms with E-state index >= 15 is 0 Å². The Balaban J connectivity index is 2.13. The van der Waals surface area contributed by atoms with Gasteiger partial charge in [-0.3, -0.25) is 0 Å². The molecule has 1 aromatic rings. The van der Waals surface area contributed by atoms with Gasteiger partial charge in [0.05, 0.1) is 31.4 Å². The molecule has 0 saturated heterocycles. The van der Waals surface area contributed by atoms with Gasteiger partial charge in [0.15, 0.2) is 0 Å². The van der Waals surface area contributed by atoms with E-state index < -0.39 is 0 Å². The van der Waals surface area contributed by atoms with Crippen LogP contribution in [0, 0.1) is 0 Å². The van der Waals surface area contributed by atoms with E-state index in [4.69, 9.17) is 0 Å². The second kappa shape index (κ2) is 3.08. The van der Waals surface area contributed by atoms with Crippen LogP contribution >= 0.6 is 0 Å². The normalized spacial score (nSPS) is 15.3. The number of hydrogen-bond acceptors (Lipinski definition) is 3. The molecular weight excluding hydrogens is 170 g/mol. The molecule has 0 unspecified atom stereocenters. The lowest BCUT2D eigenvalue weighted by Crippen LogP contribution is -2.35.